The molecule has 188 valence electrons. The van der Waals surface area contributed by atoms with Crippen molar-refractivity contribution >= 4 is 5.97 Å². The largest absolute Gasteiger partial charge is 0.459 e. The molecule has 4 fully saturated rings. The fraction of sp³-hybridized carbons (Fsp3) is 0.903. The molecular weight excluding hydrogens is 404 g/mol. The van der Waals surface area contributed by atoms with Gasteiger partial charge in [0, 0.05) is 5.57 Å². The molecule has 0 amide bonds. The molecule has 4 rings (SSSR count). The summed E-state index contributed by atoms with van der Waals surface area (Å²) >= 11 is 0. The Bertz CT molecular complexity index is 724. The zero-order valence-electron chi connectivity index (χ0n) is 22.6. The Balaban J connectivity index is 1.41. The number of hydrogen-bond donors (Lipinski definition) is 0. The fourth-order valence-corrected chi connectivity index (χ4v) is 9.60. The molecule has 0 radical (unpaired) electrons. The molecular formula is C31H52O2. The maximum atomic E-state index is 12.1. The highest BCUT2D eigenvalue weighted by Crippen LogP contribution is 2.68. The van der Waals surface area contributed by atoms with Crippen LogP contribution >= 0.6 is 0 Å². The third-order valence-electron chi connectivity index (χ3n) is 11.4. The lowest BCUT2D eigenvalue weighted by Crippen LogP contribution is -2.54. The average Bonchev–Trinajstić information content (AvgIpc) is 3.11. The lowest BCUT2D eigenvalue weighted by atomic mass is 9.44. The molecule has 0 bridgehead atoms. The first-order valence-electron chi connectivity index (χ1n) is 14.4. The second-order valence-electron chi connectivity index (χ2n) is 13.8. The van der Waals surface area contributed by atoms with E-state index in [2.05, 4.69) is 41.2 Å². The van der Waals surface area contributed by atoms with E-state index in [1.807, 2.05) is 0 Å². The van der Waals surface area contributed by atoms with Crippen LogP contribution in [-0.2, 0) is 9.53 Å². The zero-order chi connectivity index (χ0) is 24.0. The molecule has 0 N–H and O–H groups in total. The first kappa shape index (κ1) is 25.3. The van der Waals surface area contributed by atoms with Crippen LogP contribution in [-0.4, -0.2) is 12.1 Å². The molecule has 0 spiro atoms. The third-order valence-corrected chi connectivity index (χ3v) is 11.4. The standard InChI is InChI=1S/C31H52O2/c1-20(2)9-8-10-22(5)26-13-14-27-25-12-11-23-19-24(33-29(32)21(3)4)15-17-30(23,6)28(25)16-18-31(26,27)7/h20,22-28H,3,8-19H2,1-2,4-7H3/t22-,23?,24?,25+,26-,27+,28+,30+,31-/m1/s1. The highest BCUT2D eigenvalue weighted by atomic mass is 16.5. The van der Waals surface area contributed by atoms with Crippen LogP contribution in [0.1, 0.15) is 119 Å². The van der Waals surface area contributed by atoms with E-state index in [4.69, 9.17) is 4.74 Å². The molecule has 0 saturated heterocycles. The quantitative estimate of drug-likeness (QED) is 0.283. The van der Waals surface area contributed by atoms with Gasteiger partial charge >= 0.3 is 5.97 Å². The van der Waals surface area contributed by atoms with Crippen LogP contribution in [0.5, 0.6) is 0 Å². The molecule has 4 saturated carbocycles. The van der Waals surface area contributed by atoms with Gasteiger partial charge in [0.2, 0.25) is 0 Å². The van der Waals surface area contributed by atoms with E-state index in [0.717, 1.165) is 54.3 Å². The molecule has 0 aromatic rings. The van der Waals surface area contributed by atoms with Crippen molar-refractivity contribution in [2.75, 3.05) is 0 Å². The van der Waals surface area contributed by atoms with Gasteiger partial charge in [-0.2, -0.15) is 0 Å². The molecule has 9 atom stereocenters. The first-order chi connectivity index (χ1) is 15.6. The van der Waals surface area contributed by atoms with Gasteiger partial charge in [-0.25, -0.2) is 4.79 Å². The summed E-state index contributed by atoms with van der Waals surface area (Å²) in [5, 5.41) is 0. The van der Waals surface area contributed by atoms with Crippen molar-refractivity contribution in [3.63, 3.8) is 0 Å². The van der Waals surface area contributed by atoms with E-state index in [9.17, 15) is 4.79 Å². The number of carbonyl (C=O) groups excluding carboxylic acids is 1. The van der Waals surface area contributed by atoms with Gasteiger partial charge in [0.15, 0.2) is 0 Å². The van der Waals surface area contributed by atoms with Crippen molar-refractivity contribution in [1.29, 1.82) is 0 Å². The number of rotatable bonds is 7. The van der Waals surface area contributed by atoms with Crippen molar-refractivity contribution < 1.29 is 9.53 Å². The number of ether oxygens (including phenoxy) is 1. The molecule has 33 heavy (non-hydrogen) atoms. The van der Waals surface area contributed by atoms with Crippen LogP contribution in [0.15, 0.2) is 12.2 Å². The van der Waals surface area contributed by atoms with Crippen molar-refractivity contribution in [2.24, 2.45) is 52.3 Å². The van der Waals surface area contributed by atoms with Gasteiger partial charge in [0.05, 0.1) is 0 Å². The Hall–Kier alpha value is -0.790. The van der Waals surface area contributed by atoms with Crippen molar-refractivity contribution in [3.05, 3.63) is 12.2 Å². The van der Waals surface area contributed by atoms with Crippen LogP contribution in [0.25, 0.3) is 0 Å². The summed E-state index contributed by atoms with van der Waals surface area (Å²) in [6.07, 6.45) is 16.3. The smallest absolute Gasteiger partial charge is 0.333 e. The monoisotopic (exact) mass is 456 g/mol. The maximum Gasteiger partial charge on any atom is 0.333 e. The van der Waals surface area contributed by atoms with Crippen molar-refractivity contribution in [1.82, 2.24) is 0 Å². The Morgan fingerprint density at radius 2 is 1.64 bits per heavy atom. The minimum Gasteiger partial charge on any atom is -0.459 e. The van der Waals surface area contributed by atoms with Gasteiger partial charge in [-0.1, -0.05) is 60.5 Å². The van der Waals surface area contributed by atoms with E-state index in [-0.39, 0.29) is 12.1 Å². The summed E-state index contributed by atoms with van der Waals surface area (Å²) < 4.78 is 5.82. The molecule has 2 heteroatoms. The lowest BCUT2D eigenvalue weighted by Gasteiger charge is -2.61. The lowest BCUT2D eigenvalue weighted by molar-refractivity contribution is -0.158. The maximum absolute atomic E-state index is 12.1. The van der Waals surface area contributed by atoms with Gasteiger partial charge in [0.25, 0.3) is 0 Å². The molecule has 4 aliphatic carbocycles. The molecule has 0 aliphatic heterocycles. The predicted octanol–water partition coefficient (Wildman–Crippen LogP) is 8.60. The van der Waals surface area contributed by atoms with Crippen LogP contribution in [0.3, 0.4) is 0 Å². The summed E-state index contributed by atoms with van der Waals surface area (Å²) in [4.78, 5) is 12.1. The molecule has 2 nitrogen and oxygen atoms in total. The van der Waals surface area contributed by atoms with Gasteiger partial charge in [-0.15, -0.1) is 0 Å². The number of fused-ring (bicyclic) bond motifs is 5. The van der Waals surface area contributed by atoms with E-state index in [0.29, 0.717) is 16.4 Å². The Kier molecular flexibility index (Phi) is 7.43. The SMILES string of the molecule is C=C(C)C(=O)OC1CC[C@@]2(C)C(CC[C@H]3[C@@H]4CC[C@H]([C@H](C)CCCC(C)C)[C@@]4(C)CC[C@@H]32)C1. The highest BCUT2D eigenvalue weighted by Gasteiger charge is 2.60. The molecule has 2 unspecified atom stereocenters. The predicted molar refractivity (Wildman–Crippen MR) is 138 cm³/mol. The third kappa shape index (κ3) is 4.71. The molecule has 0 aromatic heterocycles. The number of carbonyl (C=O) groups is 1. The minimum atomic E-state index is -0.190. The highest BCUT2D eigenvalue weighted by molar-refractivity contribution is 5.87. The molecule has 0 heterocycles. The van der Waals surface area contributed by atoms with E-state index < -0.39 is 0 Å². The second-order valence-corrected chi connectivity index (χ2v) is 13.8. The van der Waals surface area contributed by atoms with Crippen molar-refractivity contribution in [3.8, 4) is 0 Å². The average molecular weight is 457 g/mol. The first-order valence-corrected chi connectivity index (χ1v) is 14.4. The van der Waals surface area contributed by atoms with Crippen molar-refractivity contribution in [2.45, 2.75) is 125 Å². The summed E-state index contributed by atoms with van der Waals surface area (Å²) in [5.41, 5.74) is 1.57. The topological polar surface area (TPSA) is 26.3 Å². The number of esters is 1. The van der Waals surface area contributed by atoms with Gasteiger partial charge in [-0.3, -0.25) is 0 Å². The van der Waals surface area contributed by atoms with Gasteiger partial charge in [-0.05, 0) is 117 Å². The second kappa shape index (κ2) is 9.69. The van der Waals surface area contributed by atoms with Gasteiger partial charge in [0.1, 0.15) is 6.10 Å². The fourth-order valence-electron chi connectivity index (χ4n) is 9.60. The summed E-state index contributed by atoms with van der Waals surface area (Å²) in [6.45, 7) is 18.2. The van der Waals surface area contributed by atoms with Crippen LogP contribution < -0.4 is 0 Å². The van der Waals surface area contributed by atoms with E-state index in [1.54, 1.807) is 6.92 Å². The zero-order valence-corrected chi connectivity index (χ0v) is 22.6. The Morgan fingerprint density at radius 1 is 0.939 bits per heavy atom. The Morgan fingerprint density at radius 3 is 2.33 bits per heavy atom. The molecule has 4 aliphatic rings. The van der Waals surface area contributed by atoms with E-state index >= 15 is 0 Å². The van der Waals surface area contributed by atoms with Gasteiger partial charge < -0.3 is 4.74 Å². The molecule has 0 aromatic carbocycles. The van der Waals surface area contributed by atoms with Crippen LogP contribution in [0.4, 0.5) is 0 Å². The van der Waals surface area contributed by atoms with E-state index in [1.165, 1.54) is 64.2 Å². The normalized spacial score (nSPS) is 43.4. The number of hydrogen-bond acceptors (Lipinski definition) is 2. The summed E-state index contributed by atoms with van der Waals surface area (Å²) in [6, 6.07) is 0. The summed E-state index contributed by atoms with van der Waals surface area (Å²) in [7, 11) is 0. The van der Waals surface area contributed by atoms with Crippen LogP contribution in [0, 0.1) is 52.3 Å². The summed E-state index contributed by atoms with van der Waals surface area (Å²) in [5.74, 6) is 5.99. The van der Waals surface area contributed by atoms with Crippen LogP contribution in [0.2, 0.25) is 0 Å². The minimum absolute atomic E-state index is 0.111. The Labute approximate surface area is 204 Å².